The number of anilines is 1. The van der Waals surface area contributed by atoms with Crippen LogP contribution in [-0.4, -0.2) is 38.9 Å². The minimum Gasteiger partial charge on any atom is -0.481 e. The van der Waals surface area contributed by atoms with Gasteiger partial charge in [0.05, 0.1) is 10.8 Å². The molecule has 1 saturated heterocycles. The van der Waals surface area contributed by atoms with Crippen LogP contribution < -0.4 is 4.90 Å². The van der Waals surface area contributed by atoms with E-state index in [0.717, 1.165) is 0 Å². The standard InChI is InChI=1S/C10H14N4O4/c1-6-8(14(17)18)9(12(2)11-6)13-4-3-7(5-13)10(15)16/h7H,3-5H2,1-2H3,(H,15,16). The highest BCUT2D eigenvalue weighted by molar-refractivity contribution is 5.73. The van der Waals surface area contributed by atoms with Crippen molar-refractivity contribution in [3.8, 4) is 0 Å². The Morgan fingerprint density at radius 3 is 2.78 bits per heavy atom. The van der Waals surface area contributed by atoms with Crippen LogP contribution >= 0.6 is 0 Å². The van der Waals surface area contributed by atoms with Crippen LogP contribution in [0, 0.1) is 23.0 Å². The van der Waals surface area contributed by atoms with Gasteiger partial charge in [-0.15, -0.1) is 0 Å². The Bertz CT molecular complexity index is 510. The Balaban J connectivity index is 2.35. The highest BCUT2D eigenvalue weighted by Gasteiger charge is 2.35. The van der Waals surface area contributed by atoms with E-state index in [-0.39, 0.29) is 12.2 Å². The summed E-state index contributed by atoms with van der Waals surface area (Å²) in [5, 5.41) is 24.0. The number of hydrogen-bond donors (Lipinski definition) is 1. The topological polar surface area (TPSA) is 102 Å². The van der Waals surface area contributed by atoms with E-state index in [1.54, 1.807) is 18.9 Å². The molecule has 0 radical (unpaired) electrons. The van der Waals surface area contributed by atoms with Gasteiger partial charge in [0.25, 0.3) is 0 Å². The van der Waals surface area contributed by atoms with Crippen molar-refractivity contribution in [3.05, 3.63) is 15.8 Å². The molecule has 0 amide bonds. The molecule has 1 fully saturated rings. The van der Waals surface area contributed by atoms with Crippen LogP contribution in [0.5, 0.6) is 0 Å². The highest BCUT2D eigenvalue weighted by atomic mass is 16.6. The highest BCUT2D eigenvalue weighted by Crippen LogP contribution is 2.34. The molecular weight excluding hydrogens is 240 g/mol. The Morgan fingerprint density at radius 2 is 2.28 bits per heavy atom. The Labute approximate surface area is 103 Å². The lowest BCUT2D eigenvalue weighted by Crippen LogP contribution is -2.25. The predicted octanol–water partition coefficient (Wildman–Crippen LogP) is 0.548. The van der Waals surface area contributed by atoms with E-state index in [2.05, 4.69) is 5.10 Å². The van der Waals surface area contributed by atoms with Crippen LogP contribution in [0.25, 0.3) is 0 Å². The number of aryl methyl sites for hydroxylation is 2. The maximum Gasteiger partial charge on any atom is 0.333 e. The number of carboxylic acid groups (broad SMARTS) is 1. The molecule has 0 bridgehead atoms. The zero-order chi connectivity index (χ0) is 13.4. The molecule has 0 aromatic carbocycles. The van der Waals surface area contributed by atoms with E-state index in [9.17, 15) is 14.9 Å². The average molecular weight is 254 g/mol. The third kappa shape index (κ3) is 1.89. The first-order valence-electron chi connectivity index (χ1n) is 5.57. The van der Waals surface area contributed by atoms with Crippen molar-refractivity contribution in [2.45, 2.75) is 13.3 Å². The largest absolute Gasteiger partial charge is 0.481 e. The van der Waals surface area contributed by atoms with Gasteiger partial charge in [-0.3, -0.25) is 14.9 Å². The van der Waals surface area contributed by atoms with E-state index >= 15 is 0 Å². The molecule has 1 N–H and O–H groups in total. The number of nitrogens with zero attached hydrogens (tertiary/aromatic N) is 4. The SMILES string of the molecule is Cc1nn(C)c(N2CCC(C(=O)O)C2)c1[N+](=O)[O-]. The van der Waals surface area contributed by atoms with Crippen molar-refractivity contribution < 1.29 is 14.8 Å². The number of nitro groups is 1. The summed E-state index contributed by atoms with van der Waals surface area (Å²) in [6.45, 7) is 2.36. The normalized spacial score (nSPS) is 19.2. The van der Waals surface area contributed by atoms with E-state index < -0.39 is 16.8 Å². The quantitative estimate of drug-likeness (QED) is 0.624. The molecule has 1 unspecified atom stereocenters. The fourth-order valence-corrected chi connectivity index (χ4v) is 2.36. The molecule has 98 valence electrons. The van der Waals surface area contributed by atoms with Crippen LogP contribution in [0.15, 0.2) is 0 Å². The Morgan fingerprint density at radius 1 is 1.61 bits per heavy atom. The van der Waals surface area contributed by atoms with Crippen molar-refractivity contribution in [3.63, 3.8) is 0 Å². The molecule has 0 saturated carbocycles. The summed E-state index contributed by atoms with van der Waals surface area (Å²) in [5.41, 5.74) is 0.305. The van der Waals surface area contributed by atoms with Gasteiger partial charge in [0.2, 0.25) is 5.82 Å². The molecule has 18 heavy (non-hydrogen) atoms. The second-order valence-corrected chi connectivity index (χ2v) is 4.41. The number of rotatable bonds is 3. The third-order valence-electron chi connectivity index (χ3n) is 3.18. The molecule has 1 aliphatic rings. The minimum atomic E-state index is -0.862. The lowest BCUT2D eigenvalue weighted by atomic mass is 10.1. The van der Waals surface area contributed by atoms with Gasteiger partial charge in [-0.05, 0) is 13.3 Å². The van der Waals surface area contributed by atoms with Gasteiger partial charge in [0, 0.05) is 20.1 Å². The first-order chi connectivity index (χ1) is 8.41. The molecular formula is C10H14N4O4. The molecule has 1 aromatic heterocycles. The molecule has 8 nitrogen and oxygen atoms in total. The van der Waals surface area contributed by atoms with Crippen LogP contribution in [-0.2, 0) is 11.8 Å². The molecule has 1 aromatic rings. The number of aliphatic carboxylic acids is 1. The molecule has 1 atom stereocenters. The van der Waals surface area contributed by atoms with Gasteiger partial charge in [-0.1, -0.05) is 0 Å². The molecule has 8 heteroatoms. The summed E-state index contributed by atoms with van der Waals surface area (Å²) in [7, 11) is 1.63. The van der Waals surface area contributed by atoms with E-state index in [1.165, 1.54) is 4.68 Å². The fraction of sp³-hybridized carbons (Fsp3) is 0.600. The molecule has 2 rings (SSSR count). The minimum absolute atomic E-state index is 0.0384. The molecule has 1 aliphatic heterocycles. The molecule has 0 aliphatic carbocycles. The lowest BCUT2D eigenvalue weighted by molar-refractivity contribution is -0.384. The Hall–Kier alpha value is -2.12. The summed E-state index contributed by atoms with van der Waals surface area (Å²) >= 11 is 0. The van der Waals surface area contributed by atoms with Gasteiger partial charge in [-0.25, -0.2) is 4.68 Å². The second-order valence-electron chi connectivity index (χ2n) is 4.41. The van der Waals surface area contributed by atoms with Crippen LogP contribution in [0.1, 0.15) is 12.1 Å². The predicted molar refractivity (Wildman–Crippen MR) is 62.6 cm³/mol. The Kier molecular flexibility index (Phi) is 2.93. The van der Waals surface area contributed by atoms with Crippen LogP contribution in [0.2, 0.25) is 0 Å². The zero-order valence-electron chi connectivity index (χ0n) is 10.2. The summed E-state index contributed by atoms with van der Waals surface area (Å²) in [4.78, 5) is 23.2. The first-order valence-corrected chi connectivity index (χ1v) is 5.57. The zero-order valence-corrected chi connectivity index (χ0v) is 10.2. The maximum atomic E-state index is 11.0. The van der Waals surface area contributed by atoms with Crippen molar-refractivity contribution in [2.75, 3.05) is 18.0 Å². The van der Waals surface area contributed by atoms with Gasteiger partial charge in [0.1, 0.15) is 5.69 Å². The molecule has 0 spiro atoms. The van der Waals surface area contributed by atoms with E-state index in [4.69, 9.17) is 5.11 Å². The van der Waals surface area contributed by atoms with Gasteiger partial charge in [0.15, 0.2) is 0 Å². The smallest absolute Gasteiger partial charge is 0.333 e. The van der Waals surface area contributed by atoms with E-state index in [1.807, 2.05) is 0 Å². The number of carbonyl (C=O) groups is 1. The van der Waals surface area contributed by atoms with Crippen molar-refractivity contribution in [1.29, 1.82) is 0 Å². The summed E-state index contributed by atoms with van der Waals surface area (Å²) in [6.07, 6.45) is 0.497. The van der Waals surface area contributed by atoms with Gasteiger partial charge in [-0.2, -0.15) is 5.10 Å². The lowest BCUT2D eigenvalue weighted by Gasteiger charge is -2.16. The number of carboxylic acids is 1. The van der Waals surface area contributed by atoms with E-state index in [0.29, 0.717) is 24.5 Å². The molecule has 2 heterocycles. The fourth-order valence-electron chi connectivity index (χ4n) is 2.36. The van der Waals surface area contributed by atoms with Crippen molar-refractivity contribution in [2.24, 2.45) is 13.0 Å². The van der Waals surface area contributed by atoms with Gasteiger partial charge >= 0.3 is 11.7 Å². The monoisotopic (exact) mass is 254 g/mol. The van der Waals surface area contributed by atoms with Crippen LogP contribution in [0.3, 0.4) is 0 Å². The third-order valence-corrected chi connectivity index (χ3v) is 3.18. The first kappa shape index (κ1) is 12.3. The average Bonchev–Trinajstić information content (AvgIpc) is 2.81. The number of aromatic nitrogens is 2. The summed E-state index contributed by atoms with van der Waals surface area (Å²) in [5.74, 6) is -0.944. The maximum absolute atomic E-state index is 11.0. The summed E-state index contributed by atoms with van der Waals surface area (Å²) in [6, 6.07) is 0. The number of hydrogen-bond acceptors (Lipinski definition) is 5. The van der Waals surface area contributed by atoms with Crippen molar-refractivity contribution >= 4 is 17.5 Å². The second kappa shape index (κ2) is 4.28. The van der Waals surface area contributed by atoms with Crippen molar-refractivity contribution in [1.82, 2.24) is 9.78 Å². The van der Waals surface area contributed by atoms with Gasteiger partial charge < -0.3 is 10.0 Å². The summed E-state index contributed by atoms with van der Waals surface area (Å²) < 4.78 is 1.44. The van der Waals surface area contributed by atoms with Crippen LogP contribution in [0.4, 0.5) is 11.5 Å².